The van der Waals surface area contributed by atoms with Gasteiger partial charge >= 0.3 is 0 Å². The second-order valence-electron chi connectivity index (χ2n) is 6.82. The maximum atomic E-state index is 9.62. The monoisotopic (exact) mass is 308 g/mol. The minimum absolute atomic E-state index is 0.259. The SMILES string of the molecule is CC(C)Cc1c(C#N)c2ccccn2c1NC(C#N)CC(C)C. The molecule has 2 heterocycles. The fraction of sp³-hybridized carbons (Fsp3) is 0.474. The van der Waals surface area contributed by atoms with E-state index >= 15 is 0 Å². The van der Waals surface area contributed by atoms with Crippen LogP contribution >= 0.6 is 0 Å². The third-order valence-electron chi connectivity index (χ3n) is 3.84. The number of nitrogens with zero attached hydrogens (tertiary/aromatic N) is 3. The first-order valence-corrected chi connectivity index (χ1v) is 8.16. The molecule has 0 aliphatic rings. The number of fused-ring (bicyclic) bond motifs is 1. The van der Waals surface area contributed by atoms with E-state index in [1.54, 1.807) is 0 Å². The summed E-state index contributed by atoms with van der Waals surface area (Å²) < 4.78 is 2.00. The number of aromatic nitrogens is 1. The molecule has 0 fully saturated rings. The van der Waals surface area contributed by atoms with E-state index in [1.165, 1.54) is 0 Å². The molecule has 0 aliphatic heterocycles. The molecule has 1 unspecified atom stereocenters. The molecular formula is C19H24N4. The van der Waals surface area contributed by atoms with Gasteiger partial charge in [0.1, 0.15) is 17.9 Å². The average Bonchev–Trinajstić information content (AvgIpc) is 2.78. The summed E-state index contributed by atoms with van der Waals surface area (Å²) in [6, 6.07) is 10.3. The number of hydrogen-bond donors (Lipinski definition) is 1. The molecule has 0 aromatic carbocycles. The molecule has 1 atom stereocenters. The van der Waals surface area contributed by atoms with Crippen LogP contribution in [0.5, 0.6) is 0 Å². The van der Waals surface area contributed by atoms with Crippen LogP contribution in [-0.4, -0.2) is 10.4 Å². The molecule has 4 heteroatoms. The van der Waals surface area contributed by atoms with E-state index in [4.69, 9.17) is 0 Å². The standard InChI is InChI=1S/C19H24N4/c1-13(2)9-15(11-20)22-19-16(10-14(3)4)17(12-21)18-7-5-6-8-23(18)19/h5-8,13-15,22H,9-10H2,1-4H3. The molecule has 0 bridgehead atoms. The van der Waals surface area contributed by atoms with Gasteiger partial charge in [0.05, 0.1) is 17.1 Å². The zero-order valence-corrected chi connectivity index (χ0v) is 14.3. The van der Waals surface area contributed by atoms with Crippen LogP contribution in [0.3, 0.4) is 0 Å². The van der Waals surface area contributed by atoms with Gasteiger partial charge in [-0.2, -0.15) is 10.5 Å². The number of pyridine rings is 1. The summed E-state index contributed by atoms with van der Waals surface area (Å²) in [5.74, 6) is 1.76. The lowest BCUT2D eigenvalue weighted by Crippen LogP contribution is -2.21. The summed E-state index contributed by atoms with van der Waals surface area (Å²) in [4.78, 5) is 0. The number of nitrogens with one attached hydrogen (secondary N) is 1. The molecule has 0 amide bonds. The lowest BCUT2D eigenvalue weighted by atomic mass is 10.00. The molecule has 23 heavy (non-hydrogen) atoms. The molecule has 0 spiro atoms. The summed E-state index contributed by atoms with van der Waals surface area (Å²) in [5.41, 5.74) is 2.62. The zero-order valence-electron chi connectivity index (χ0n) is 14.3. The van der Waals surface area contributed by atoms with E-state index in [1.807, 2.05) is 28.8 Å². The second kappa shape index (κ2) is 7.20. The summed E-state index contributed by atoms with van der Waals surface area (Å²) in [6.07, 6.45) is 3.54. The lowest BCUT2D eigenvalue weighted by molar-refractivity contribution is 0.566. The van der Waals surface area contributed by atoms with Crippen molar-refractivity contribution in [3.8, 4) is 12.1 Å². The van der Waals surface area contributed by atoms with Crippen molar-refractivity contribution in [1.29, 1.82) is 10.5 Å². The van der Waals surface area contributed by atoms with Crippen molar-refractivity contribution in [2.24, 2.45) is 11.8 Å². The highest BCUT2D eigenvalue weighted by Gasteiger charge is 2.21. The first kappa shape index (κ1) is 16.9. The summed E-state index contributed by atoms with van der Waals surface area (Å²) in [6.45, 7) is 8.50. The Bertz CT molecular complexity index is 756. The first-order valence-electron chi connectivity index (χ1n) is 8.16. The van der Waals surface area contributed by atoms with Crippen molar-refractivity contribution >= 4 is 11.3 Å². The largest absolute Gasteiger partial charge is 0.355 e. The Hall–Kier alpha value is -2.46. The van der Waals surface area contributed by atoms with E-state index in [-0.39, 0.29) is 6.04 Å². The third-order valence-corrected chi connectivity index (χ3v) is 3.84. The van der Waals surface area contributed by atoms with Crippen LogP contribution in [0.1, 0.15) is 45.2 Å². The lowest BCUT2D eigenvalue weighted by Gasteiger charge is -2.17. The molecule has 1 N–H and O–H groups in total. The summed E-state index contributed by atoms with van der Waals surface area (Å²) >= 11 is 0. The Morgan fingerprint density at radius 2 is 1.87 bits per heavy atom. The topological polar surface area (TPSA) is 64.0 Å². The van der Waals surface area contributed by atoms with E-state index in [0.717, 1.165) is 29.7 Å². The molecule has 2 rings (SSSR count). The predicted octanol–water partition coefficient (Wildman–Crippen LogP) is 4.36. The maximum absolute atomic E-state index is 9.62. The molecular weight excluding hydrogens is 284 g/mol. The molecule has 0 saturated carbocycles. The van der Waals surface area contributed by atoms with Gasteiger partial charge in [-0.15, -0.1) is 0 Å². The highest BCUT2D eigenvalue weighted by molar-refractivity contribution is 5.74. The van der Waals surface area contributed by atoms with Crippen molar-refractivity contribution in [2.75, 3.05) is 5.32 Å². The Kier molecular flexibility index (Phi) is 5.29. The molecule has 0 aliphatic carbocycles. The van der Waals surface area contributed by atoms with Crippen LogP contribution in [0.2, 0.25) is 0 Å². The number of rotatable bonds is 6. The minimum Gasteiger partial charge on any atom is -0.355 e. The summed E-state index contributed by atoms with van der Waals surface area (Å²) in [7, 11) is 0. The second-order valence-corrected chi connectivity index (χ2v) is 6.82. The molecule has 0 saturated heterocycles. The van der Waals surface area contributed by atoms with Crippen molar-refractivity contribution in [2.45, 2.75) is 46.6 Å². The van der Waals surface area contributed by atoms with Crippen LogP contribution in [0.4, 0.5) is 5.82 Å². The number of hydrogen-bond acceptors (Lipinski definition) is 3. The highest BCUT2D eigenvalue weighted by Crippen LogP contribution is 2.30. The minimum atomic E-state index is -0.259. The van der Waals surface area contributed by atoms with Crippen molar-refractivity contribution in [3.05, 3.63) is 35.5 Å². The highest BCUT2D eigenvalue weighted by atomic mass is 15.1. The Morgan fingerprint density at radius 3 is 2.43 bits per heavy atom. The third kappa shape index (κ3) is 3.66. The zero-order chi connectivity index (χ0) is 17.0. The Labute approximate surface area is 138 Å². The smallest absolute Gasteiger partial charge is 0.116 e. The van der Waals surface area contributed by atoms with E-state index in [0.29, 0.717) is 17.4 Å². The maximum Gasteiger partial charge on any atom is 0.116 e. The fourth-order valence-corrected chi connectivity index (χ4v) is 2.93. The van der Waals surface area contributed by atoms with Gasteiger partial charge < -0.3 is 9.72 Å². The molecule has 120 valence electrons. The Balaban J connectivity index is 2.56. The van der Waals surface area contributed by atoms with Crippen LogP contribution < -0.4 is 5.32 Å². The van der Waals surface area contributed by atoms with Gasteiger partial charge in [-0.25, -0.2) is 0 Å². The first-order chi connectivity index (χ1) is 11.0. The van der Waals surface area contributed by atoms with E-state index in [9.17, 15) is 10.5 Å². The van der Waals surface area contributed by atoms with Gasteiger partial charge in [-0.05, 0) is 36.8 Å². The van der Waals surface area contributed by atoms with Crippen LogP contribution in [0.25, 0.3) is 5.52 Å². The van der Waals surface area contributed by atoms with Gasteiger partial charge in [-0.1, -0.05) is 33.8 Å². The number of anilines is 1. The fourth-order valence-electron chi connectivity index (χ4n) is 2.93. The van der Waals surface area contributed by atoms with Gasteiger partial charge in [0, 0.05) is 11.8 Å². The molecule has 2 aromatic heterocycles. The average molecular weight is 308 g/mol. The normalized spacial score (nSPS) is 12.3. The van der Waals surface area contributed by atoms with Crippen molar-refractivity contribution < 1.29 is 0 Å². The summed E-state index contributed by atoms with van der Waals surface area (Å²) in [5, 5.41) is 22.5. The van der Waals surface area contributed by atoms with Crippen LogP contribution in [0.15, 0.2) is 24.4 Å². The van der Waals surface area contributed by atoms with Gasteiger partial charge in [-0.3, -0.25) is 0 Å². The quantitative estimate of drug-likeness (QED) is 0.862. The van der Waals surface area contributed by atoms with E-state index in [2.05, 4.69) is 45.2 Å². The van der Waals surface area contributed by atoms with Crippen LogP contribution in [0, 0.1) is 34.5 Å². The molecule has 2 aromatic rings. The molecule has 4 nitrogen and oxygen atoms in total. The Morgan fingerprint density at radius 1 is 1.13 bits per heavy atom. The predicted molar refractivity (Wildman–Crippen MR) is 93.1 cm³/mol. The van der Waals surface area contributed by atoms with Crippen molar-refractivity contribution in [3.63, 3.8) is 0 Å². The van der Waals surface area contributed by atoms with Gasteiger partial charge in [0.25, 0.3) is 0 Å². The van der Waals surface area contributed by atoms with Gasteiger partial charge in [0.2, 0.25) is 0 Å². The van der Waals surface area contributed by atoms with Crippen molar-refractivity contribution in [1.82, 2.24) is 4.40 Å². The number of nitriles is 2. The van der Waals surface area contributed by atoms with E-state index < -0.39 is 0 Å². The molecule has 0 radical (unpaired) electrons. The van der Waals surface area contributed by atoms with Gasteiger partial charge in [0.15, 0.2) is 0 Å². The van der Waals surface area contributed by atoms with Crippen LogP contribution in [-0.2, 0) is 6.42 Å².